The largest absolute Gasteiger partial charge is 0.352 e. The number of carbonyl (C=O) groups is 1. The highest BCUT2D eigenvalue weighted by molar-refractivity contribution is 7.89. The Morgan fingerprint density at radius 1 is 1.22 bits per heavy atom. The van der Waals surface area contributed by atoms with E-state index in [0.29, 0.717) is 0 Å². The van der Waals surface area contributed by atoms with E-state index in [-0.39, 0.29) is 23.7 Å². The molecule has 0 heterocycles. The Balaban J connectivity index is 2.71. The Bertz CT molecular complexity index is 517. The number of nitrogens with two attached hydrogens (primary N) is 2. The zero-order valence-corrected chi connectivity index (χ0v) is 10.3. The normalized spacial score (nSPS) is 10.9. The number of hydrogen-bond donors (Lipinski definition) is 5. The van der Waals surface area contributed by atoms with Gasteiger partial charge in [-0.15, -0.1) is 0 Å². The van der Waals surface area contributed by atoms with E-state index >= 15 is 0 Å². The van der Waals surface area contributed by atoms with Crippen LogP contribution in [0.4, 0.5) is 10.5 Å². The lowest BCUT2D eigenvalue weighted by molar-refractivity contribution is 0.249. The summed E-state index contributed by atoms with van der Waals surface area (Å²) in [7, 11) is -3.69. The van der Waals surface area contributed by atoms with Gasteiger partial charge >= 0.3 is 6.03 Å². The van der Waals surface area contributed by atoms with Crippen LogP contribution in [0.1, 0.15) is 0 Å². The molecular weight excluding hydrogens is 258 g/mol. The van der Waals surface area contributed by atoms with Crippen molar-refractivity contribution in [1.29, 1.82) is 0 Å². The minimum absolute atomic E-state index is 0.0319. The van der Waals surface area contributed by atoms with Crippen LogP contribution in [0.15, 0.2) is 29.2 Å². The summed E-state index contributed by atoms with van der Waals surface area (Å²) < 4.78 is 26.1. The second-order valence-corrected chi connectivity index (χ2v) is 5.06. The number of amides is 2. The summed E-state index contributed by atoms with van der Waals surface area (Å²) in [4.78, 5) is 10.4. The van der Waals surface area contributed by atoms with Crippen LogP contribution in [0.25, 0.3) is 0 Å². The van der Waals surface area contributed by atoms with Gasteiger partial charge < -0.3 is 16.5 Å². The van der Waals surface area contributed by atoms with Crippen molar-refractivity contribution in [2.24, 2.45) is 11.6 Å². The number of sulfonamides is 1. The number of urea groups is 1. The first-order chi connectivity index (χ1) is 8.47. The van der Waals surface area contributed by atoms with E-state index in [1.54, 1.807) is 12.1 Å². The first-order valence-electron chi connectivity index (χ1n) is 5.06. The highest BCUT2D eigenvalue weighted by atomic mass is 32.2. The van der Waals surface area contributed by atoms with Gasteiger partial charge in [-0.3, -0.25) is 5.84 Å². The molecule has 0 saturated heterocycles. The van der Waals surface area contributed by atoms with Gasteiger partial charge in [-0.1, -0.05) is 12.1 Å². The van der Waals surface area contributed by atoms with Gasteiger partial charge in [0.15, 0.2) is 0 Å². The third-order valence-corrected chi connectivity index (χ3v) is 3.57. The van der Waals surface area contributed by atoms with Crippen molar-refractivity contribution in [3.63, 3.8) is 0 Å². The standard InChI is InChI=1S/C9H15N5O3S/c10-9(15)12-5-6-13-18(16,17)8-4-2-1-3-7(8)14-11/h1-4,13-14H,5-6,11H2,(H3,10,12,15). The summed E-state index contributed by atoms with van der Waals surface area (Å²) in [5.41, 5.74) is 7.43. The fourth-order valence-corrected chi connectivity index (χ4v) is 2.47. The highest BCUT2D eigenvalue weighted by Gasteiger charge is 2.16. The SMILES string of the molecule is NNc1ccccc1S(=O)(=O)NCCNC(N)=O. The van der Waals surface area contributed by atoms with E-state index in [2.05, 4.69) is 15.5 Å². The lowest BCUT2D eigenvalue weighted by Gasteiger charge is -2.10. The fourth-order valence-electron chi connectivity index (χ4n) is 1.27. The minimum Gasteiger partial charge on any atom is -0.352 e. The number of hydrogen-bond acceptors (Lipinski definition) is 5. The number of anilines is 1. The molecule has 1 aromatic carbocycles. The molecule has 100 valence electrons. The Morgan fingerprint density at radius 2 is 1.89 bits per heavy atom. The lowest BCUT2D eigenvalue weighted by atomic mass is 10.3. The molecule has 0 atom stereocenters. The third-order valence-electron chi connectivity index (χ3n) is 2.05. The monoisotopic (exact) mass is 273 g/mol. The average molecular weight is 273 g/mol. The van der Waals surface area contributed by atoms with Crippen molar-refractivity contribution in [1.82, 2.24) is 10.0 Å². The van der Waals surface area contributed by atoms with Crippen LogP contribution in [0.3, 0.4) is 0 Å². The molecule has 0 aliphatic carbocycles. The number of nitrogens with one attached hydrogen (secondary N) is 3. The molecule has 0 aromatic heterocycles. The number of primary amides is 1. The molecule has 0 saturated carbocycles. The second kappa shape index (κ2) is 6.19. The van der Waals surface area contributed by atoms with Gasteiger partial charge in [-0.25, -0.2) is 17.9 Å². The van der Waals surface area contributed by atoms with E-state index in [1.807, 2.05) is 0 Å². The minimum atomic E-state index is -3.69. The van der Waals surface area contributed by atoms with Gasteiger partial charge in [0.25, 0.3) is 0 Å². The Kier molecular flexibility index (Phi) is 4.89. The molecule has 7 N–H and O–H groups in total. The number of nitrogen functional groups attached to an aromatic ring is 1. The molecule has 0 aliphatic rings. The molecule has 18 heavy (non-hydrogen) atoms. The predicted molar refractivity (Wildman–Crippen MR) is 67.0 cm³/mol. The van der Waals surface area contributed by atoms with Crippen LogP contribution in [0, 0.1) is 0 Å². The number of carbonyl (C=O) groups excluding carboxylic acids is 1. The molecule has 0 radical (unpaired) electrons. The summed E-state index contributed by atoms with van der Waals surface area (Å²) in [5.74, 6) is 5.23. The van der Waals surface area contributed by atoms with Gasteiger partial charge in [-0.05, 0) is 12.1 Å². The lowest BCUT2D eigenvalue weighted by Crippen LogP contribution is -2.37. The van der Waals surface area contributed by atoms with E-state index in [9.17, 15) is 13.2 Å². The van der Waals surface area contributed by atoms with E-state index in [1.165, 1.54) is 12.1 Å². The van der Waals surface area contributed by atoms with Gasteiger partial charge in [0.2, 0.25) is 10.0 Å². The van der Waals surface area contributed by atoms with Crippen molar-refractivity contribution >= 4 is 21.7 Å². The number of para-hydroxylation sites is 1. The molecule has 0 bridgehead atoms. The smallest absolute Gasteiger partial charge is 0.312 e. The number of hydrazine groups is 1. The van der Waals surface area contributed by atoms with Crippen LogP contribution >= 0.6 is 0 Å². The molecule has 1 rings (SSSR count). The quantitative estimate of drug-likeness (QED) is 0.255. The van der Waals surface area contributed by atoms with Crippen LogP contribution in [-0.2, 0) is 10.0 Å². The maximum absolute atomic E-state index is 11.9. The predicted octanol–water partition coefficient (Wildman–Crippen LogP) is -1.08. The first-order valence-corrected chi connectivity index (χ1v) is 6.54. The molecule has 0 unspecified atom stereocenters. The maximum Gasteiger partial charge on any atom is 0.312 e. The molecule has 8 nitrogen and oxygen atoms in total. The zero-order valence-electron chi connectivity index (χ0n) is 9.51. The van der Waals surface area contributed by atoms with Crippen LogP contribution in [0.5, 0.6) is 0 Å². The molecule has 0 aliphatic heterocycles. The molecule has 2 amide bonds. The third kappa shape index (κ3) is 3.87. The second-order valence-electron chi connectivity index (χ2n) is 3.33. The van der Waals surface area contributed by atoms with Crippen molar-refractivity contribution in [2.75, 3.05) is 18.5 Å². The van der Waals surface area contributed by atoms with Gasteiger partial charge in [-0.2, -0.15) is 0 Å². The van der Waals surface area contributed by atoms with Crippen molar-refractivity contribution < 1.29 is 13.2 Å². The van der Waals surface area contributed by atoms with Crippen molar-refractivity contribution in [2.45, 2.75) is 4.90 Å². The van der Waals surface area contributed by atoms with E-state index in [0.717, 1.165) is 0 Å². The topological polar surface area (TPSA) is 139 Å². The van der Waals surface area contributed by atoms with Gasteiger partial charge in [0.1, 0.15) is 4.90 Å². The Labute approximate surface area is 105 Å². The molecular formula is C9H15N5O3S. The number of rotatable bonds is 6. The summed E-state index contributed by atoms with van der Waals surface area (Å²) in [6, 6.07) is 5.48. The fraction of sp³-hybridized carbons (Fsp3) is 0.222. The first kappa shape index (κ1) is 14.2. The van der Waals surface area contributed by atoms with E-state index in [4.69, 9.17) is 11.6 Å². The Hall–Kier alpha value is -1.84. The maximum atomic E-state index is 11.9. The van der Waals surface area contributed by atoms with Gasteiger partial charge in [0, 0.05) is 13.1 Å². The molecule has 1 aromatic rings. The molecule has 0 spiro atoms. The summed E-state index contributed by atoms with van der Waals surface area (Å²) in [5, 5.41) is 2.27. The Morgan fingerprint density at radius 3 is 2.50 bits per heavy atom. The highest BCUT2D eigenvalue weighted by Crippen LogP contribution is 2.18. The van der Waals surface area contributed by atoms with Crippen LogP contribution in [-0.4, -0.2) is 27.5 Å². The summed E-state index contributed by atoms with van der Waals surface area (Å²) in [6.07, 6.45) is 0. The molecule has 9 heteroatoms. The summed E-state index contributed by atoms with van der Waals surface area (Å²) >= 11 is 0. The van der Waals surface area contributed by atoms with Crippen LogP contribution < -0.4 is 27.0 Å². The van der Waals surface area contributed by atoms with Crippen LogP contribution in [0.2, 0.25) is 0 Å². The van der Waals surface area contributed by atoms with Gasteiger partial charge in [0.05, 0.1) is 5.69 Å². The number of benzene rings is 1. The average Bonchev–Trinajstić information content (AvgIpc) is 2.34. The van der Waals surface area contributed by atoms with E-state index < -0.39 is 16.1 Å². The van der Waals surface area contributed by atoms with Crippen molar-refractivity contribution in [3.8, 4) is 0 Å². The van der Waals surface area contributed by atoms with Crippen molar-refractivity contribution in [3.05, 3.63) is 24.3 Å². The zero-order chi connectivity index (χ0) is 13.6. The summed E-state index contributed by atoms with van der Waals surface area (Å²) in [6.45, 7) is 0.136. The molecule has 0 fully saturated rings.